The molecule has 2 aliphatic carbocycles. The number of fused-ring (bicyclic) bond motifs is 2. The van der Waals surface area contributed by atoms with Crippen molar-refractivity contribution in [3.05, 3.63) is 117 Å². The Hall–Kier alpha value is -5.64. The minimum atomic E-state index is -4.93. The number of nitrogens with one attached hydrogen (secondary N) is 4. The minimum Gasteiger partial charge on any atom is -0.494 e. The van der Waals surface area contributed by atoms with Crippen LogP contribution in [0.25, 0.3) is 0 Å². The molecule has 380 valence electrons. The highest BCUT2D eigenvalue weighted by Crippen LogP contribution is 2.47. The predicted molar refractivity (Wildman–Crippen MR) is 245 cm³/mol. The van der Waals surface area contributed by atoms with Crippen molar-refractivity contribution in [1.82, 2.24) is 10.6 Å². The van der Waals surface area contributed by atoms with Crippen LogP contribution in [-0.2, 0) is 33.1 Å². The van der Waals surface area contributed by atoms with E-state index in [-0.39, 0.29) is 22.9 Å². The molecule has 2 fully saturated rings. The molecule has 4 aliphatic rings. The molecule has 8 rings (SSSR count). The van der Waals surface area contributed by atoms with Crippen molar-refractivity contribution in [2.24, 2.45) is 0 Å². The van der Waals surface area contributed by atoms with Crippen molar-refractivity contribution < 1.29 is 75.3 Å². The van der Waals surface area contributed by atoms with Gasteiger partial charge in [0, 0.05) is 37.6 Å². The zero-order chi connectivity index (χ0) is 50.8. The van der Waals surface area contributed by atoms with Gasteiger partial charge in [-0.05, 0) is 107 Å². The zero-order valence-corrected chi connectivity index (χ0v) is 39.0. The summed E-state index contributed by atoms with van der Waals surface area (Å²) in [5.41, 5.74) is 2.34. The number of carbonyl (C=O) groups is 2. The first kappa shape index (κ1) is 52.2. The van der Waals surface area contributed by atoms with Crippen LogP contribution in [0, 0.1) is 0 Å². The number of rotatable bonds is 10. The van der Waals surface area contributed by atoms with E-state index in [1.54, 1.807) is 36.4 Å². The zero-order valence-electron chi connectivity index (χ0n) is 39.0. The Morgan fingerprint density at radius 3 is 1.27 bits per heavy atom. The molecule has 20 heteroatoms. The lowest BCUT2D eigenvalue weighted by Gasteiger charge is -2.35. The molecule has 0 saturated carbocycles. The average Bonchev–Trinajstić information content (AvgIpc) is 3.81. The summed E-state index contributed by atoms with van der Waals surface area (Å²) in [5.74, 6) is -0.556. The van der Waals surface area contributed by atoms with Crippen LogP contribution >= 0.6 is 0 Å². The van der Waals surface area contributed by atoms with Gasteiger partial charge in [-0.3, -0.25) is 0 Å². The lowest BCUT2D eigenvalue weighted by atomic mass is 9.75. The molecular formula is C50H58F6N4O10. The normalized spacial score (nSPS) is 22.3. The van der Waals surface area contributed by atoms with Crippen LogP contribution in [0.4, 0.5) is 47.3 Å². The number of hydrogen-bond acceptors (Lipinski definition) is 10. The van der Waals surface area contributed by atoms with Gasteiger partial charge in [0.25, 0.3) is 0 Å². The summed E-state index contributed by atoms with van der Waals surface area (Å²) in [7, 11) is 2.36. The van der Waals surface area contributed by atoms with Gasteiger partial charge < -0.3 is 60.6 Å². The molecule has 4 aromatic carbocycles. The van der Waals surface area contributed by atoms with E-state index in [1.807, 2.05) is 38.1 Å². The molecule has 2 heterocycles. The molecule has 2 saturated heterocycles. The van der Waals surface area contributed by atoms with Crippen molar-refractivity contribution in [3.63, 3.8) is 0 Å². The summed E-state index contributed by atoms with van der Waals surface area (Å²) < 4.78 is 102. The molecule has 70 heavy (non-hydrogen) atoms. The van der Waals surface area contributed by atoms with E-state index in [2.05, 4.69) is 21.3 Å². The number of methoxy groups -OCH3 is 2. The van der Waals surface area contributed by atoms with Gasteiger partial charge in [-0.2, -0.15) is 26.3 Å². The van der Waals surface area contributed by atoms with Crippen molar-refractivity contribution >= 4 is 23.4 Å². The Morgan fingerprint density at radius 1 is 0.614 bits per heavy atom. The van der Waals surface area contributed by atoms with E-state index in [1.165, 1.54) is 26.4 Å². The summed E-state index contributed by atoms with van der Waals surface area (Å²) in [4.78, 5) is 25.8. The summed E-state index contributed by atoms with van der Waals surface area (Å²) in [6.45, 7) is 5.62. The largest absolute Gasteiger partial charge is 0.494 e. The fourth-order valence-corrected chi connectivity index (χ4v) is 9.68. The van der Waals surface area contributed by atoms with Gasteiger partial charge in [-0.1, -0.05) is 62.4 Å². The molecule has 4 amide bonds. The number of aliphatic hydroxyl groups is 4. The Labute approximate surface area is 400 Å². The molecular weight excluding hydrogens is 931 g/mol. The number of anilines is 2. The van der Waals surface area contributed by atoms with Crippen LogP contribution < -0.4 is 30.7 Å². The molecule has 14 nitrogen and oxygen atoms in total. The molecule has 2 aliphatic heterocycles. The van der Waals surface area contributed by atoms with E-state index in [0.717, 1.165) is 22.3 Å². The molecule has 0 bridgehead atoms. The van der Waals surface area contributed by atoms with E-state index >= 15 is 0 Å². The highest BCUT2D eigenvalue weighted by molar-refractivity contribution is 5.93. The quantitative estimate of drug-likeness (QED) is 0.0716. The fourth-order valence-electron chi connectivity index (χ4n) is 9.68. The first-order valence-corrected chi connectivity index (χ1v) is 22.8. The number of ether oxygens (including phenoxy) is 4. The Kier molecular flexibility index (Phi) is 15.6. The van der Waals surface area contributed by atoms with Gasteiger partial charge in [0.1, 0.15) is 11.5 Å². The second-order valence-electron chi connectivity index (χ2n) is 18.6. The van der Waals surface area contributed by atoms with Gasteiger partial charge >= 0.3 is 24.4 Å². The summed E-state index contributed by atoms with van der Waals surface area (Å²) in [6, 6.07) is 17.7. The maximum absolute atomic E-state index is 13.5. The number of aliphatic hydroxyl groups excluding tert-OH is 4. The molecule has 0 spiro atoms. The van der Waals surface area contributed by atoms with Crippen molar-refractivity contribution in [2.45, 2.75) is 112 Å². The van der Waals surface area contributed by atoms with Crippen LogP contribution in [0.3, 0.4) is 0 Å². The second-order valence-corrected chi connectivity index (χ2v) is 18.6. The number of alkyl halides is 6. The Balaban J connectivity index is 0.000000206. The van der Waals surface area contributed by atoms with Crippen LogP contribution in [0.15, 0.2) is 72.8 Å². The van der Waals surface area contributed by atoms with Crippen LogP contribution in [0.1, 0.15) is 108 Å². The molecule has 0 unspecified atom stereocenters. The summed E-state index contributed by atoms with van der Waals surface area (Å²) in [6.07, 6.45) is -14.2. The molecule has 6 atom stereocenters. The Morgan fingerprint density at radius 2 is 0.957 bits per heavy atom. The standard InChI is InChI=1S/2C25H29F3N2O5/c2*1-24(7-9-35-10-8-24)15-12-17(22(32)25(26,27)28)21(34-2)19(13-15)30-23(33)29-18-11-14-5-3-4-6-16(14)20(18)31/h2*3-6,12-13,18,20,22,31-32H,7-11H2,1-2H3,(H2,29,30,33)/t18-,20+,22+;18-,20+,22-/m11/s1. The smallest absolute Gasteiger partial charge is 0.418 e. The van der Waals surface area contributed by atoms with Crippen molar-refractivity contribution in [1.29, 1.82) is 0 Å². The first-order chi connectivity index (χ1) is 33.1. The first-order valence-electron chi connectivity index (χ1n) is 22.8. The highest BCUT2D eigenvalue weighted by atomic mass is 19.4. The lowest BCUT2D eigenvalue weighted by Crippen LogP contribution is -2.40. The lowest BCUT2D eigenvalue weighted by molar-refractivity contribution is -0.207. The third-order valence-electron chi connectivity index (χ3n) is 14.0. The highest BCUT2D eigenvalue weighted by Gasteiger charge is 2.45. The van der Waals surface area contributed by atoms with Gasteiger partial charge in [-0.15, -0.1) is 0 Å². The van der Waals surface area contributed by atoms with Gasteiger partial charge in [0.05, 0.1) is 49.9 Å². The number of halogens is 6. The SMILES string of the molecule is COc1c(NC(=O)N[C@@H]2Cc3ccccc3[C@@H]2O)cc(C2(C)CCOCC2)cc1[C@@H](O)C(F)(F)F.COc1c(NC(=O)N[C@@H]2Cc3ccccc3[C@@H]2O)cc(C2(C)CCOCC2)cc1[C@H](O)C(F)(F)F. The van der Waals surface area contributed by atoms with E-state index < -0.39 is 82.9 Å². The van der Waals surface area contributed by atoms with Gasteiger partial charge in [0.2, 0.25) is 0 Å². The fraction of sp³-hybridized carbons (Fsp3) is 0.480. The Bertz CT molecular complexity index is 2340. The van der Waals surface area contributed by atoms with E-state index in [4.69, 9.17) is 18.9 Å². The minimum absolute atomic E-state index is 0.00137. The number of carbonyl (C=O) groups excluding carboxylic acids is 2. The summed E-state index contributed by atoms with van der Waals surface area (Å²) in [5, 5.41) is 51.9. The number of urea groups is 2. The topological polar surface area (TPSA) is 200 Å². The summed E-state index contributed by atoms with van der Waals surface area (Å²) >= 11 is 0. The van der Waals surface area contributed by atoms with Crippen LogP contribution in [0.2, 0.25) is 0 Å². The number of hydrogen-bond donors (Lipinski definition) is 8. The third-order valence-corrected chi connectivity index (χ3v) is 14.0. The maximum atomic E-state index is 13.5. The van der Waals surface area contributed by atoms with Gasteiger partial charge in [-0.25, -0.2) is 9.59 Å². The molecule has 0 radical (unpaired) electrons. The number of benzene rings is 4. The average molecular weight is 989 g/mol. The third kappa shape index (κ3) is 11.3. The van der Waals surface area contributed by atoms with Crippen molar-refractivity contribution in [3.8, 4) is 11.5 Å². The van der Waals surface area contributed by atoms with E-state index in [9.17, 15) is 56.4 Å². The molecule has 4 aromatic rings. The molecule has 0 aromatic heterocycles. The second kappa shape index (κ2) is 21.0. The maximum Gasteiger partial charge on any atom is 0.418 e. The van der Waals surface area contributed by atoms with E-state index in [0.29, 0.717) is 76.1 Å². The molecule has 8 N–H and O–H groups in total. The van der Waals surface area contributed by atoms with Gasteiger partial charge in [0.15, 0.2) is 12.2 Å². The number of amides is 4. The van der Waals surface area contributed by atoms with Crippen LogP contribution in [0.5, 0.6) is 11.5 Å². The predicted octanol–water partition coefficient (Wildman–Crippen LogP) is 8.28. The van der Waals surface area contributed by atoms with Crippen molar-refractivity contribution in [2.75, 3.05) is 51.3 Å². The van der Waals surface area contributed by atoms with Crippen LogP contribution in [-0.4, -0.2) is 97.6 Å². The monoisotopic (exact) mass is 988 g/mol.